The Bertz CT molecular complexity index is 407. The summed E-state index contributed by atoms with van der Waals surface area (Å²) in [6.07, 6.45) is 0. The molecule has 0 saturated heterocycles. The highest BCUT2D eigenvalue weighted by Gasteiger charge is 2.09. The van der Waals surface area contributed by atoms with Gasteiger partial charge in [-0.2, -0.15) is 0 Å². The fraction of sp³-hybridized carbons (Fsp3) is 0.462. The lowest BCUT2D eigenvalue weighted by Crippen LogP contribution is -2.34. The number of phenols is 1. The molecule has 5 heteroatoms. The molecule has 0 unspecified atom stereocenters. The molecule has 100 valence electrons. The minimum atomic E-state index is -0.0256. The Kier molecular flexibility index (Phi) is 5.45. The van der Waals surface area contributed by atoms with Crippen LogP contribution in [0.3, 0.4) is 0 Å². The van der Waals surface area contributed by atoms with Crippen LogP contribution in [-0.4, -0.2) is 43.2 Å². The normalized spacial score (nSPS) is 10.4. The van der Waals surface area contributed by atoms with E-state index in [1.165, 1.54) is 0 Å². The molecule has 0 aliphatic rings. The largest absolute Gasteiger partial charge is 0.508 e. The monoisotopic (exact) mass is 252 g/mol. The lowest BCUT2D eigenvalue weighted by molar-refractivity contribution is -0.121. The van der Waals surface area contributed by atoms with E-state index in [0.717, 1.165) is 5.56 Å². The van der Waals surface area contributed by atoms with Gasteiger partial charge in [0.1, 0.15) is 11.5 Å². The van der Waals surface area contributed by atoms with Gasteiger partial charge in [0, 0.05) is 18.7 Å². The van der Waals surface area contributed by atoms with Gasteiger partial charge >= 0.3 is 0 Å². The number of likely N-dealkylation sites (N-methyl/N-ethyl adjacent to an activating group) is 2. The third-order valence-electron chi connectivity index (χ3n) is 2.51. The number of benzene rings is 1. The van der Waals surface area contributed by atoms with Crippen molar-refractivity contribution in [3.8, 4) is 11.5 Å². The molecule has 1 amide bonds. The summed E-state index contributed by atoms with van der Waals surface area (Å²) >= 11 is 0. The zero-order chi connectivity index (χ0) is 13.5. The highest BCUT2D eigenvalue weighted by molar-refractivity contribution is 5.77. The number of carbonyl (C=O) groups is 1. The lowest BCUT2D eigenvalue weighted by Gasteiger charge is -2.17. The van der Waals surface area contributed by atoms with Crippen LogP contribution < -0.4 is 10.1 Å². The second kappa shape index (κ2) is 6.86. The number of aromatic hydroxyl groups is 1. The average Bonchev–Trinajstić information content (AvgIpc) is 2.32. The molecule has 1 aromatic rings. The maximum Gasteiger partial charge on any atom is 0.234 e. The van der Waals surface area contributed by atoms with Gasteiger partial charge in [-0.3, -0.25) is 9.69 Å². The Hall–Kier alpha value is -1.75. The summed E-state index contributed by atoms with van der Waals surface area (Å²) in [6, 6.07) is 5.06. The Morgan fingerprint density at radius 2 is 2.22 bits per heavy atom. The van der Waals surface area contributed by atoms with Crippen LogP contribution in [-0.2, 0) is 11.3 Å². The SMILES string of the molecule is CCNC(=O)CN(C)Cc1cc(OC)ccc1O. The molecule has 1 aromatic carbocycles. The zero-order valence-corrected chi connectivity index (χ0v) is 11.1. The van der Waals surface area contributed by atoms with E-state index in [1.54, 1.807) is 25.3 Å². The van der Waals surface area contributed by atoms with Crippen molar-refractivity contribution in [2.75, 3.05) is 27.2 Å². The van der Waals surface area contributed by atoms with Gasteiger partial charge in [0.15, 0.2) is 0 Å². The van der Waals surface area contributed by atoms with Crippen LogP contribution in [0.5, 0.6) is 11.5 Å². The second-order valence-corrected chi connectivity index (χ2v) is 4.12. The van der Waals surface area contributed by atoms with Gasteiger partial charge in [-0.15, -0.1) is 0 Å². The molecule has 0 aliphatic carbocycles. The Labute approximate surface area is 107 Å². The number of phenolic OH excluding ortho intramolecular Hbond substituents is 1. The minimum absolute atomic E-state index is 0.0256. The predicted octanol–water partition coefficient (Wildman–Crippen LogP) is 0.969. The first-order valence-corrected chi connectivity index (χ1v) is 5.88. The molecule has 0 saturated carbocycles. The smallest absolute Gasteiger partial charge is 0.234 e. The number of nitrogens with one attached hydrogen (secondary N) is 1. The van der Waals surface area contributed by atoms with E-state index in [2.05, 4.69) is 5.32 Å². The summed E-state index contributed by atoms with van der Waals surface area (Å²) in [6.45, 7) is 3.29. The number of amides is 1. The molecule has 0 aliphatic heterocycles. The standard InChI is InChI=1S/C13H20N2O3/c1-4-14-13(17)9-15(2)8-10-7-11(18-3)5-6-12(10)16/h5-7,16H,4,8-9H2,1-3H3,(H,14,17). The molecule has 5 nitrogen and oxygen atoms in total. The van der Waals surface area contributed by atoms with Crippen molar-refractivity contribution < 1.29 is 14.6 Å². The highest BCUT2D eigenvalue weighted by atomic mass is 16.5. The van der Waals surface area contributed by atoms with Gasteiger partial charge in [-0.25, -0.2) is 0 Å². The van der Waals surface area contributed by atoms with E-state index >= 15 is 0 Å². The molecule has 1 rings (SSSR count). The van der Waals surface area contributed by atoms with Crippen molar-refractivity contribution in [3.63, 3.8) is 0 Å². The van der Waals surface area contributed by atoms with E-state index in [-0.39, 0.29) is 11.7 Å². The lowest BCUT2D eigenvalue weighted by atomic mass is 10.2. The molecule has 0 spiro atoms. The maximum atomic E-state index is 11.4. The minimum Gasteiger partial charge on any atom is -0.508 e. The first-order chi connectivity index (χ1) is 8.56. The van der Waals surface area contributed by atoms with E-state index < -0.39 is 0 Å². The summed E-state index contributed by atoms with van der Waals surface area (Å²) in [5.74, 6) is 0.871. The van der Waals surface area contributed by atoms with Crippen LogP contribution in [0.25, 0.3) is 0 Å². The molecule has 2 N–H and O–H groups in total. The molecule has 0 radical (unpaired) electrons. The van der Waals surface area contributed by atoms with Crippen LogP contribution in [0.15, 0.2) is 18.2 Å². The first kappa shape index (κ1) is 14.3. The number of hydrogen-bond acceptors (Lipinski definition) is 4. The number of ether oxygens (including phenoxy) is 1. The Morgan fingerprint density at radius 3 is 2.83 bits per heavy atom. The van der Waals surface area contributed by atoms with Crippen molar-refractivity contribution >= 4 is 5.91 Å². The Morgan fingerprint density at radius 1 is 1.50 bits per heavy atom. The number of nitrogens with zero attached hydrogens (tertiary/aromatic N) is 1. The van der Waals surface area contributed by atoms with Gasteiger partial charge in [0.2, 0.25) is 5.91 Å². The van der Waals surface area contributed by atoms with Gasteiger partial charge in [0.05, 0.1) is 13.7 Å². The van der Waals surface area contributed by atoms with Crippen LogP contribution in [0, 0.1) is 0 Å². The molecule has 0 aromatic heterocycles. The predicted molar refractivity (Wildman–Crippen MR) is 69.7 cm³/mol. The molecule has 0 heterocycles. The maximum absolute atomic E-state index is 11.4. The molecule has 0 bridgehead atoms. The number of carbonyl (C=O) groups excluding carboxylic acids is 1. The van der Waals surface area contributed by atoms with Gasteiger partial charge in [0.25, 0.3) is 0 Å². The van der Waals surface area contributed by atoms with Gasteiger partial charge < -0.3 is 15.2 Å². The quantitative estimate of drug-likeness (QED) is 0.792. The summed E-state index contributed by atoms with van der Waals surface area (Å²) < 4.78 is 5.10. The fourth-order valence-corrected chi connectivity index (χ4v) is 1.66. The summed E-state index contributed by atoms with van der Waals surface area (Å²) in [4.78, 5) is 13.2. The number of hydrogen-bond donors (Lipinski definition) is 2. The fourth-order valence-electron chi connectivity index (χ4n) is 1.66. The van der Waals surface area contributed by atoms with Crippen molar-refractivity contribution in [1.82, 2.24) is 10.2 Å². The van der Waals surface area contributed by atoms with E-state index in [4.69, 9.17) is 4.74 Å². The van der Waals surface area contributed by atoms with Crippen LogP contribution in [0.1, 0.15) is 12.5 Å². The van der Waals surface area contributed by atoms with Crippen LogP contribution >= 0.6 is 0 Å². The summed E-state index contributed by atoms with van der Waals surface area (Å²) in [7, 11) is 3.41. The zero-order valence-electron chi connectivity index (χ0n) is 11.1. The van der Waals surface area contributed by atoms with Crippen molar-refractivity contribution in [2.45, 2.75) is 13.5 Å². The third-order valence-corrected chi connectivity index (χ3v) is 2.51. The van der Waals surface area contributed by atoms with Crippen LogP contribution in [0.4, 0.5) is 0 Å². The second-order valence-electron chi connectivity index (χ2n) is 4.12. The van der Waals surface area contributed by atoms with Crippen molar-refractivity contribution in [2.24, 2.45) is 0 Å². The van der Waals surface area contributed by atoms with Crippen LogP contribution in [0.2, 0.25) is 0 Å². The van der Waals surface area contributed by atoms with E-state index in [9.17, 15) is 9.90 Å². The van der Waals surface area contributed by atoms with Gasteiger partial charge in [-0.1, -0.05) is 0 Å². The van der Waals surface area contributed by atoms with Crippen molar-refractivity contribution in [3.05, 3.63) is 23.8 Å². The molecule has 0 fully saturated rings. The number of rotatable bonds is 6. The molecular weight excluding hydrogens is 232 g/mol. The highest BCUT2D eigenvalue weighted by Crippen LogP contribution is 2.23. The average molecular weight is 252 g/mol. The molecular formula is C13H20N2O3. The molecule has 18 heavy (non-hydrogen) atoms. The van der Waals surface area contributed by atoms with E-state index in [1.807, 2.05) is 18.9 Å². The van der Waals surface area contributed by atoms with E-state index in [0.29, 0.717) is 25.4 Å². The summed E-state index contributed by atoms with van der Waals surface area (Å²) in [5, 5.41) is 12.5. The van der Waals surface area contributed by atoms with Crippen molar-refractivity contribution in [1.29, 1.82) is 0 Å². The molecule has 0 atom stereocenters. The summed E-state index contributed by atoms with van der Waals surface area (Å²) in [5.41, 5.74) is 0.737. The Balaban J connectivity index is 2.63. The topological polar surface area (TPSA) is 61.8 Å². The van der Waals surface area contributed by atoms with Gasteiger partial charge in [-0.05, 0) is 32.2 Å². The number of methoxy groups -OCH3 is 1. The third kappa shape index (κ3) is 4.25. The first-order valence-electron chi connectivity index (χ1n) is 5.88.